The minimum Gasteiger partial charge on any atom is -0.503 e. The molecular weight excluding hydrogens is 511 g/mol. The van der Waals surface area contributed by atoms with Crippen molar-refractivity contribution in [2.24, 2.45) is 5.92 Å². The van der Waals surface area contributed by atoms with Crippen molar-refractivity contribution in [3.63, 3.8) is 0 Å². The van der Waals surface area contributed by atoms with Gasteiger partial charge in [-0.15, -0.1) is 0 Å². The highest BCUT2D eigenvalue weighted by atomic mass is 35.5. The molecule has 1 unspecified atom stereocenters. The van der Waals surface area contributed by atoms with Crippen LogP contribution in [0.1, 0.15) is 35.6 Å². The Kier molecular flexibility index (Phi) is 7.40. The number of nitrogens with one attached hydrogen (secondary N) is 1. The second-order valence-corrected chi connectivity index (χ2v) is 10.1. The quantitative estimate of drug-likeness (QED) is 0.351. The molecule has 1 atom stereocenters. The van der Waals surface area contributed by atoms with E-state index in [1.54, 1.807) is 23.1 Å². The lowest BCUT2D eigenvalue weighted by molar-refractivity contribution is -0.129. The van der Waals surface area contributed by atoms with Crippen LogP contribution in [0.5, 0.6) is 5.75 Å². The number of rotatable bonds is 9. The summed E-state index contributed by atoms with van der Waals surface area (Å²) in [5.41, 5.74) is 2.40. The van der Waals surface area contributed by atoms with Crippen molar-refractivity contribution >= 4 is 35.0 Å². The molecule has 6 nitrogen and oxygen atoms in total. The van der Waals surface area contributed by atoms with Crippen molar-refractivity contribution in [2.45, 2.75) is 32.0 Å². The van der Waals surface area contributed by atoms with Gasteiger partial charge in [-0.05, 0) is 48.1 Å². The Balaban J connectivity index is 1.44. The summed E-state index contributed by atoms with van der Waals surface area (Å²) in [7, 11) is 0. The molecular formula is C29H26Cl2N2O4. The maximum absolute atomic E-state index is 13.4. The van der Waals surface area contributed by atoms with Gasteiger partial charge in [-0.2, -0.15) is 0 Å². The Bertz CT molecular complexity index is 1360. The molecule has 8 heteroatoms. The van der Waals surface area contributed by atoms with E-state index in [4.69, 9.17) is 27.9 Å². The van der Waals surface area contributed by atoms with Gasteiger partial charge >= 0.3 is 0 Å². The highest BCUT2D eigenvalue weighted by Crippen LogP contribution is 2.44. The van der Waals surface area contributed by atoms with Crippen LogP contribution in [0.25, 0.3) is 0 Å². The Morgan fingerprint density at radius 1 is 0.973 bits per heavy atom. The molecule has 3 aromatic carbocycles. The number of hydrogen-bond acceptors (Lipinski definition) is 4. The standard InChI is InChI=1S/C29H26Cl2N2O4/c30-22-13-12-20(14-23(22)31)15-32-28(35)25-26(33(16-18-10-11-18)29(36)27(25)34)21-8-4-5-9-24(21)37-17-19-6-2-1-3-7-19/h1-9,12-14,18,26,34H,10-11,15-17H2,(H,32,35). The number of hydrogen-bond donors (Lipinski definition) is 2. The average molecular weight is 537 g/mol. The Morgan fingerprint density at radius 2 is 1.70 bits per heavy atom. The predicted octanol–water partition coefficient (Wildman–Crippen LogP) is 5.99. The first-order valence-electron chi connectivity index (χ1n) is 12.1. The summed E-state index contributed by atoms with van der Waals surface area (Å²) in [6.45, 7) is 0.946. The molecule has 1 aliphatic heterocycles. The van der Waals surface area contributed by atoms with E-state index in [0.29, 0.717) is 40.4 Å². The van der Waals surface area contributed by atoms with Gasteiger partial charge in [-0.1, -0.05) is 77.8 Å². The van der Waals surface area contributed by atoms with Gasteiger partial charge < -0.3 is 20.1 Å². The van der Waals surface area contributed by atoms with Crippen LogP contribution in [0.15, 0.2) is 84.1 Å². The second-order valence-electron chi connectivity index (χ2n) is 9.31. The van der Waals surface area contributed by atoms with Gasteiger partial charge in [-0.25, -0.2) is 0 Å². The Morgan fingerprint density at radius 3 is 2.43 bits per heavy atom. The van der Waals surface area contributed by atoms with Crippen LogP contribution in [0.2, 0.25) is 10.0 Å². The van der Waals surface area contributed by atoms with Crippen LogP contribution in [-0.2, 0) is 22.7 Å². The third kappa shape index (κ3) is 5.60. The summed E-state index contributed by atoms with van der Waals surface area (Å²) in [6.07, 6.45) is 2.03. The molecule has 2 amide bonds. The minimum atomic E-state index is -0.770. The zero-order valence-electron chi connectivity index (χ0n) is 20.0. The lowest BCUT2D eigenvalue weighted by atomic mass is 9.97. The van der Waals surface area contributed by atoms with E-state index >= 15 is 0 Å². The fourth-order valence-electron chi connectivity index (χ4n) is 4.48. The van der Waals surface area contributed by atoms with Crippen molar-refractivity contribution in [1.29, 1.82) is 0 Å². The van der Waals surface area contributed by atoms with Crippen LogP contribution >= 0.6 is 23.2 Å². The molecule has 1 fully saturated rings. The first-order chi connectivity index (χ1) is 17.9. The first kappa shape index (κ1) is 25.2. The summed E-state index contributed by atoms with van der Waals surface area (Å²) < 4.78 is 6.16. The third-order valence-corrected chi connectivity index (χ3v) is 7.33. The normalized spacial score (nSPS) is 17.3. The van der Waals surface area contributed by atoms with E-state index in [1.165, 1.54) is 0 Å². The van der Waals surface area contributed by atoms with Crippen LogP contribution < -0.4 is 10.1 Å². The van der Waals surface area contributed by atoms with Crippen molar-refractivity contribution < 1.29 is 19.4 Å². The van der Waals surface area contributed by atoms with Crippen molar-refractivity contribution in [3.8, 4) is 5.75 Å². The number of carbonyl (C=O) groups is 2. The molecule has 1 saturated carbocycles. The highest BCUT2D eigenvalue weighted by Gasteiger charge is 2.46. The molecule has 0 bridgehead atoms. The van der Waals surface area contributed by atoms with E-state index in [0.717, 1.165) is 24.0 Å². The predicted molar refractivity (Wildman–Crippen MR) is 142 cm³/mol. The molecule has 0 spiro atoms. The maximum atomic E-state index is 13.4. The van der Waals surface area contributed by atoms with Gasteiger partial charge in [-0.3, -0.25) is 9.59 Å². The summed E-state index contributed by atoms with van der Waals surface area (Å²) in [6, 6.07) is 21.4. The molecule has 0 saturated heterocycles. The van der Waals surface area contributed by atoms with Gasteiger partial charge in [0.25, 0.3) is 11.8 Å². The van der Waals surface area contributed by atoms with E-state index in [-0.39, 0.29) is 12.1 Å². The van der Waals surface area contributed by atoms with Gasteiger partial charge in [0.05, 0.1) is 21.7 Å². The first-order valence-corrected chi connectivity index (χ1v) is 12.9. The van der Waals surface area contributed by atoms with Crippen LogP contribution in [0.3, 0.4) is 0 Å². The lowest BCUT2D eigenvalue weighted by Gasteiger charge is -2.28. The molecule has 5 rings (SSSR count). The summed E-state index contributed by atoms with van der Waals surface area (Å²) in [5, 5.41) is 14.5. The monoisotopic (exact) mass is 536 g/mol. The van der Waals surface area contributed by atoms with Crippen molar-refractivity contribution in [3.05, 3.63) is 111 Å². The molecule has 3 aromatic rings. The second kappa shape index (κ2) is 10.9. The number of ether oxygens (including phenoxy) is 1. The van der Waals surface area contributed by atoms with E-state index in [9.17, 15) is 14.7 Å². The van der Waals surface area contributed by atoms with Crippen LogP contribution in [0, 0.1) is 5.92 Å². The molecule has 0 aromatic heterocycles. The fourth-order valence-corrected chi connectivity index (χ4v) is 4.80. The smallest absolute Gasteiger partial charge is 0.290 e. The largest absolute Gasteiger partial charge is 0.503 e. The molecule has 1 heterocycles. The van der Waals surface area contributed by atoms with Gasteiger partial charge in [0, 0.05) is 18.7 Å². The number of carbonyl (C=O) groups excluding carboxylic acids is 2. The number of aliphatic hydroxyl groups excluding tert-OH is 1. The zero-order chi connectivity index (χ0) is 25.9. The number of para-hydroxylation sites is 1. The molecule has 0 radical (unpaired) electrons. The number of benzene rings is 3. The molecule has 1 aliphatic carbocycles. The van der Waals surface area contributed by atoms with E-state index < -0.39 is 23.6 Å². The van der Waals surface area contributed by atoms with Gasteiger partial charge in [0.15, 0.2) is 5.76 Å². The summed E-state index contributed by atoms with van der Waals surface area (Å²) in [5.74, 6) is -0.701. The van der Waals surface area contributed by atoms with Gasteiger partial charge in [0.1, 0.15) is 12.4 Å². The molecule has 2 N–H and O–H groups in total. The minimum absolute atomic E-state index is 0.0153. The number of nitrogens with zero attached hydrogens (tertiary/aromatic N) is 1. The number of halogens is 2. The average Bonchev–Trinajstić information content (AvgIpc) is 3.70. The van der Waals surface area contributed by atoms with Crippen molar-refractivity contribution in [2.75, 3.05) is 6.54 Å². The van der Waals surface area contributed by atoms with Crippen LogP contribution in [-0.4, -0.2) is 28.4 Å². The summed E-state index contributed by atoms with van der Waals surface area (Å²) in [4.78, 5) is 28.2. The van der Waals surface area contributed by atoms with Crippen molar-refractivity contribution in [1.82, 2.24) is 10.2 Å². The lowest BCUT2D eigenvalue weighted by Crippen LogP contribution is -2.35. The number of amides is 2. The molecule has 2 aliphatic rings. The van der Waals surface area contributed by atoms with E-state index in [1.807, 2.05) is 54.6 Å². The van der Waals surface area contributed by atoms with Gasteiger partial charge in [0.2, 0.25) is 0 Å². The third-order valence-electron chi connectivity index (χ3n) is 6.59. The Labute approximate surface area is 225 Å². The maximum Gasteiger partial charge on any atom is 0.290 e. The fraction of sp³-hybridized carbons (Fsp3) is 0.241. The van der Waals surface area contributed by atoms with Crippen LogP contribution in [0.4, 0.5) is 0 Å². The molecule has 190 valence electrons. The topological polar surface area (TPSA) is 78.9 Å². The van der Waals surface area contributed by atoms with E-state index in [2.05, 4.69) is 5.32 Å². The highest BCUT2D eigenvalue weighted by molar-refractivity contribution is 6.42. The SMILES string of the molecule is O=C(NCc1ccc(Cl)c(Cl)c1)C1=C(O)C(=O)N(CC2CC2)C1c1ccccc1OCc1ccccc1. The summed E-state index contributed by atoms with van der Waals surface area (Å²) >= 11 is 12.1. The zero-order valence-corrected chi connectivity index (χ0v) is 21.5. The number of aliphatic hydroxyl groups is 1. The molecule has 37 heavy (non-hydrogen) atoms. The Hall–Kier alpha value is -3.48.